The van der Waals surface area contributed by atoms with Gasteiger partial charge in [0.25, 0.3) is 5.91 Å². The lowest BCUT2D eigenvalue weighted by Crippen LogP contribution is -2.15. The van der Waals surface area contributed by atoms with Gasteiger partial charge in [0.2, 0.25) is 0 Å². The second kappa shape index (κ2) is 6.00. The van der Waals surface area contributed by atoms with Crippen molar-refractivity contribution < 1.29 is 9.72 Å². The lowest BCUT2D eigenvalue weighted by Gasteiger charge is -2.09. The number of amides is 1. The fraction of sp³-hybridized carbons (Fsp3) is 0.143. The van der Waals surface area contributed by atoms with E-state index >= 15 is 0 Å². The number of hydrogen-bond donors (Lipinski definition) is 2. The number of aromatic nitrogens is 1. The smallest absolute Gasteiger partial charge is 0.305 e. The molecule has 0 saturated heterocycles. The molecule has 0 aliphatic carbocycles. The van der Waals surface area contributed by atoms with Gasteiger partial charge in [-0.1, -0.05) is 6.07 Å². The van der Waals surface area contributed by atoms with E-state index in [1.165, 1.54) is 6.07 Å². The van der Waals surface area contributed by atoms with Crippen LogP contribution in [0.1, 0.15) is 15.9 Å². The van der Waals surface area contributed by atoms with Crippen LogP contribution in [-0.4, -0.2) is 22.9 Å². The number of carbonyl (C=O) groups excluding carboxylic acids is 1. The van der Waals surface area contributed by atoms with Gasteiger partial charge >= 0.3 is 5.69 Å². The second-order valence-electron chi connectivity index (χ2n) is 4.35. The highest BCUT2D eigenvalue weighted by Gasteiger charge is 2.24. The van der Waals surface area contributed by atoms with Gasteiger partial charge in [-0.15, -0.1) is 0 Å². The molecule has 2 aromatic rings. The van der Waals surface area contributed by atoms with Crippen LogP contribution in [0.3, 0.4) is 0 Å². The number of benzene rings is 1. The first-order valence-corrected chi connectivity index (χ1v) is 6.21. The zero-order valence-electron chi connectivity index (χ0n) is 11.6. The maximum atomic E-state index is 12.3. The van der Waals surface area contributed by atoms with E-state index in [1.54, 1.807) is 44.6 Å². The van der Waals surface area contributed by atoms with Crippen molar-refractivity contribution in [2.24, 2.45) is 0 Å². The van der Waals surface area contributed by atoms with Crippen molar-refractivity contribution >= 4 is 23.0 Å². The number of carbonyl (C=O) groups is 1. The summed E-state index contributed by atoms with van der Waals surface area (Å²) in [5.74, 6) is -0.534. The van der Waals surface area contributed by atoms with Crippen LogP contribution in [0.15, 0.2) is 36.7 Å². The number of nitro groups is 1. The Morgan fingerprint density at radius 3 is 2.67 bits per heavy atom. The quantitative estimate of drug-likeness (QED) is 0.665. The molecular formula is C14H14N4O3. The molecule has 0 bridgehead atoms. The Balaban J connectivity index is 2.40. The lowest BCUT2D eigenvalue weighted by atomic mass is 10.1. The molecule has 0 fully saturated rings. The summed E-state index contributed by atoms with van der Waals surface area (Å²) >= 11 is 0. The molecule has 0 saturated carbocycles. The maximum Gasteiger partial charge on any atom is 0.305 e. The number of rotatable bonds is 4. The Labute approximate surface area is 121 Å². The number of para-hydroxylation sites is 1. The monoisotopic (exact) mass is 286 g/mol. The van der Waals surface area contributed by atoms with Gasteiger partial charge in [-0.25, -0.2) is 0 Å². The highest BCUT2D eigenvalue weighted by atomic mass is 16.6. The summed E-state index contributed by atoms with van der Waals surface area (Å²) in [5.41, 5.74) is 1.39. The average Bonchev–Trinajstić information content (AvgIpc) is 2.48. The minimum atomic E-state index is -0.569. The molecule has 1 aromatic heterocycles. The van der Waals surface area contributed by atoms with E-state index < -0.39 is 10.8 Å². The van der Waals surface area contributed by atoms with E-state index in [0.717, 1.165) is 5.56 Å². The molecule has 2 rings (SSSR count). The molecule has 7 nitrogen and oxygen atoms in total. The van der Waals surface area contributed by atoms with Crippen LogP contribution in [-0.2, 0) is 0 Å². The van der Waals surface area contributed by atoms with E-state index in [9.17, 15) is 14.9 Å². The Morgan fingerprint density at radius 1 is 1.29 bits per heavy atom. The summed E-state index contributed by atoms with van der Waals surface area (Å²) in [7, 11) is 1.57. The van der Waals surface area contributed by atoms with E-state index in [1.807, 2.05) is 0 Å². The minimum Gasteiger partial charge on any atom is -0.383 e. The van der Waals surface area contributed by atoms with Gasteiger partial charge in [0.15, 0.2) is 0 Å². The van der Waals surface area contributed by atoms with Gasteiger partial charge < -0.3 is 10.6 Å². The third-order valence-electron chi connectivity index (χ3n) is 3.00. The molecule has 0 unspecified atom stereocenters. The van der Waals surface area contributed by atoms with Crippen LogP contribution >= 0.6 is 0 Å². The third-order valence-corrected chi connectivity index (χ3v) is 3.00. The third kappa shape index (κ3) is 2.97. The van der Waals surface area contributed by atoms with Crippen molar-refractivity contribution in [2.75, 3.05) is 17.7 Å². The van der Waals surface area contributed by atoms with Crippen LogP contribution in [0.25, 0.3) is 0 Å². The molecule has 1 amide bonds. The Hall–Kier alpha value is -2.96. The van der Waals surface area contributed by atoms with Crippen molar-refractivity contribution in [3.8, 4) is 0 Å². The Bertz CT molecular complexity index is 700. The van der Waals surface area contributed by atoms with Crippen LogP contribution in [0.4, 0.5) is 17.1 Å². The van der Waals surface area contributed by atoms with Crippen LogP contribution in [0.5, 0.6) is 0 Å². The highest BCUT2D eigenvalue weighted by Crippen LogP contribution is 2.29. The fourth-order valence-corrected chi connectivity index (χ4v) is 1.93. The van der Waals surface area contributed by atoms with Gasteiger partial charge in [-0.05, 0) is 30.7 Å². The van der Waals surface area contributed by atoms with Gasteiger partial charge in [-0.3, -0.25) is 19.9 Å². The van der Waals surface area contributed by atoms with E-state index in [0.29, 0.717) is 11.4 Å². The summed E-state index contributed by atoms with van der Waals surface area (Å²) < 4.78 is 0. The van der Waals surface area contributed by atoms with Gasteiger partial charge in [0.1, 0.15) is 11.3 Å². The predicted molar refractivity (Wildman–Crippen MR) is 79.6 cm³/mol. The first kappa shape index (κ1) is 14.4. The van der Waals surface area contributed by atoms with E-state index in [2.05, 4.69) is 15.6 Å². The van der Waals surface area contributed by atoms with Crippen LogP contribution < -0.4 is 10.6 Å². The van der Waals surface area contributed by atoms with Gasteiger partial charge in [-0.2, -0.15) is 0 Å². The summed E-state index contributed by atoms with van der Waals surface area (Å²) in [5, 5.41) is 16.6. The fourth-order valence-electron chi connectivity index (χ4n) is 1.93. The molecule has 1 heterocycles. The second-order valence-corrected chi connectivity index (χ2v) is 4.35. The topological polar surface area (TPSA) is 97.2 Å². The highest BCUT2D eigenvalue weighted by molar-refractivity contribution is 6.08. The van der Waals surface area contributed by atoms with Crippen molar-refractivity contribution in [1.82, 2.24) is 4.98 Å². The Kier molecular flexibility index (Phi) is 4.13. The molecule has 0 aliphatic heterocycles. The molecular weight excluding hydrogens is 272 g/mol. The standard InChI is InChI=1S/C14H14N4O3/c1-9-8-16-7-6-11(9)17-14(19)10-4-3-5-12(15-2)13(10)18(20)21/h3-8,15H,1-2H3,(H,16,17,19). The molecule has 0 aliphatic rings. The number of pyridine rings is 1. The van der Waals surface area contributed by atoms with Crippen molar-refractivity contribution in [1.29, 1.82) is 0 Å². The molecule has 0 radical (unpaired) electrons. The minimum absolute atomic E-state index is 0.00284. The lowest BCUT2D eigenvalue weighted by molar-refractivity contribution is -0.384. The van der Waals surface area contributed by atoms with E-state index in [4.69, 9.17) is 0 Å². The molecule has 7 heteroatoms. The van der Waals surface area contributed by atoms with Crippen molar-refractivity contribution in [3.05, 3.63) is 57.9 Å². The average molecular weight is 286 g/mol. The molecule has 1 aromatic carbocycles. The SMILES string of the molecule is CNc1cccc(C(=O)Nc2ccncc2C)c1[N+](=O)[O-]. The molecule has 108 valence electrons. The number of nitro benzene ring substituents is 1. The van der Waals surface area contributed by atoms with Crippen molar-refractivity contribution in [2.45, 2.75) is 6.92 Å². The zero-order chi connectivity index (χ0) is 15.4. The maximum absolute atomic E-state index is 12.3. The number of nitrogens with zero attached hydrogens (tertiary/aromatic N) is 2. The van der Waals surface area contributed by atoms with Crippen LogP contribution in [0, 0.1) is 17.0 Å². The number of hydrogen-bond acceptors (Lipinski definition) is 5. The van der Waals surface area contributed by atoms with Crippen molar-refractivity contribution in [3.63, 3.8) is 0 Å². The van der Waals surface area contributed by atoms with Crippen LogP contribution in [0.2, 0.25) is 0 Å². The summed E-state index contributed by atoms with van der Waals surface area (Å²) in [6.07, 6.45) is 3.15. The van der Waals surface area contributed by atoms with E-state index in [-0.39, 0.29) is 11.3 Å². The molecule has 0 spiro atoms. The Morgan fingerprint density at radius 2 is 2.05 bits per heavy atom. The van der Waals surface area contributed by atoms with Gasteiger partial charge in [0, 0.05) is 25.1 Å². The normalized spacial score (nSPS) is 10.0. The number of nitrogens with one attached hydrogen (secondary N) is 2. The summed E-state index contributed by atoms with van der Waals surface area (Å²) in [6, 6.07) is 6.20. The molecule has 21 heavy (non-hydrogen) atoms. The van der Waals surface area contributed by atoms with Gasteiger partial charge in [0.05, 0.1) is 4.92 Å². The largest absolute Gasteiger partial charge is 0.383 e. The first-order chi connectivity index (χ1) is 10.0. The summed E-state index contributed by atoms with van der Waals surface area (Å²) in [6.45, 7) is 1.79. The number of aryl methyl sites for hydroxylation is 1. The summed E-state index contributed by atoms with van der Waals surface area (Å²) in [4.78, 5) is 26.9. The predicted octanol–water partition coefficient (Wildman–Crippen LogP) is 2.59. The zero-order valence-corrected chi connectivity index (χ0v) is 11.6. The molecule has 2 N–H and O–H groups in total. The molecule has 0 atom stereocenters. The first-order valence-electron chi connectivity index (χ1n) is 6.21. The number of anilines is 2.